The van der Waals surface area contributed by atoms with E-state index in [2.05, 4.69) is 62.4 Å². The van der Waals surface area contributed by atoms with Crippen molar-refractivity contribution in [3.8, 4) is 0 Å². The first-order valence-electron chi connectivity index (χ1n) is 5.93. The fraction of sp³-hybridized carbons (Fsp3) is 0.250. The maximum absolute atomic E-state index is 2.22. The number of rotatable bonds is 4. The van der Waals surface area contributed by atoms with E-state index in [4.69, 9.17) is 0 Å². The molecule has 0 saturated carbocycles. The molecule has 0 fully saturated rings. The third kappa shape index (κ3) is 3.94. The third-order valence-corrected chi connectivity index (χ3v) is 3.85. The molecule has 2 aromatic rings. The van der Waals surface area contributed by atoms with Gasteiger partial charge in [-0.15, -0.1) is 0 Å². The van der Waals surface area contributed by atoms with Crippen LogP contribution in [0.1, 0.15) is 22.3 Å². The monoisotopic (exact) mass is 242 g/mol. The summed E-state index contributed by atoms with van der Waals surface area (Å²) in [5.41, 5.74) is 5.48. The Labute approximate surface area is 108 Å². The van der Waals surface area contributed by atoms with Crippen molar-refractivity contribution >= 4 is 11.8 Å². The van der Waals surface area contributed by atoms with Crippen LogP contribution in [0.2, 0.25) is 0 Å². The summed E-state index contributed by atoms with van der Waals surface area (Å²) in [4.78, 5) is 0. The van der Waals surface area contributed by atoms with Gasteiger partial charge < -0.3 is 0 Å². The van der Waals surface area contributed by atoms with Crippen molar-refractivity contribution < 1.29 is 0 Å². The highest BCUT2D eigenvalue weighted by Gasteiger charge is 1.96. The topological polar surface area (TPSA) is 0 Å². The fourth-order valence-corrected chi connectivity index (χ4v) is 2.61. The lowest BCUT2D eigenvalue weighted by Crippen LogP contribution is -1.84. The molecular formula is C16H18S. The number of benzene rings is 2. The standard InChI is InChI=1S/C16H18S/c1-13-3-7-15(8-4-13)11-17-12-16-9-5-14(2)6-10-16/h3-10H,11-12H2,1-2H3. The lowest BCUT2D eigenvalue weighted by molar-refractivity contribution is 1.33. The Hall–Kier alpha value is -1.21. The van der Waals surface area contributed by atoms with Crippen molar-refractivity contribution in [1.82, 2.24) is 0 Å². The summed E-state index contributed by atoms with van der Waals surface area (Å²) in [6, 6.07) is 17.6. The zero-order valence-electron chi connectivity index (χ0n) is 10.4. The minimum Gasteiger partial charge on any atom is -0.152 e. The highest BCUT2D eigenvalue weighted by atomic mass is 32.2. The lowest BCUT2D eigenvalue weighted by Gasteiger charge is -2.03. The second-order valence-corrected chi connectivity index (χ2v) is 5.45. The van der Waals surface area contributed by atoms with Crippen molar-refractivity contribution in [1.29, 1.82) is 0 Å². The van der Waals surface area contributed by atoms with E-state index in [-0.39, 0.29) is 0 Å². The number of thioether (sulfide) groups is 1. The van der Waals surface area contributed by atoms with Crippen LogP contribution in [0.15, 0.2) is 48.5 Å². The third-order valence-electron chi connectivity index (χ3n) is 2.78. The predicted molar refractivity (Wildman–Crippen MR) is 77.4 cm³/mol. The Kier molecular flexibility index (Phi) is 4.27. The van der Waals surface area contributed by atoms with Crippen molar-refractivity contribution in [2.45, 2.75) is 25.4 Å². The van der Waals surface area contributed by atoms with Crippen LogP contribution in [0.4, 0.5) is 0 Å². The molecule has 17 heavy (non-hydrogen) atoms. The van der Waals surface area contributed by atoms with Gasteiger partial charge in [0.25, 0.3) is 0 Å². The van der Waals surface area contributed by atoms with Crippen LogP contribution in [-0.4, -0.2) is 0 Å². The van der Waals surface area contributed by atoms with Gasteiger partial charge in [-0.25, -0.2) is 0 Å². The van der Waals surface area contributed by atoms with E-state index in [0.29, 0.717) is 0 Å². The van der Waals surface area contributed by atoms with Gasteiger partial charge in [-0.1, -0.05) is 59.7 Å². The highest BCUT2D eigenvalue weighted by Crippen LogP contribution is 2.18. The molecule has 2 rings (SSSR count). The zero-order chi connectivity index (χ0) is 12.1. The average molecular weight is 242 g/mol. The van der Waals surface area contributed by atoms with Crippen molar-refractivity contribution in [3.63, 3.8) is 0 Å². The molecule has 0 aliphatic heterocycles. The number of aryl methyl sites for hydroxylation is 2. The molecule has 0 amide bonds. The van der Waals surface area contributed by atoms with Gasteiger partial charge in [0.1, 0.15) is 0 Å². The first-order chi connectivity index (χ1) is 8.24. The summed E-state index contributed by atoms with van der Waals surface area (Å²) in [6.45, 7) is 4.26. The van der Waals surface area contributed by atoms with E-state index in [1.807, 2.05) is 11.8 Å². The van der Waals surface area contributed by atoms with Gasteiger partial charge in [0, 0.05) is 11.5 Å². The SMILES string of the molecule is Cc1ccc(CSCc2ccc(C)cc2)cc1. The average Bonchev–Trinajstić information content (AvgIpc) is 2.34. The number of hydrogen-bond acceptors (Lipinski definition) is 1. The quantitative estimate of drug-likeness (QED) is 0.746. The molecule has 0 unspecified atom stereocenters. The van der Waals surface area contributed by atoms with Crippen LogP contribution < -0.4 is 0 Å². The maximum Gasteiger partial charge on any atom is 0.0187 e. The van der Waals surface area contributed by atoms with Crippen LogP contribution >= 0.6 is 11.8 Å². The first-order valence-corrected chi connectivity index (χ1v) is 7.08. The Bertz CT molecular complexity index is 408. The van der Waals surface area contributed by atoms with E-state index in [0.717, 1.165) is 11.5 Å². The minimum atomic E-state index is 1.09. The molecular weight excluding hydrogens is 224 g/mol. The van der Waals surface area contributed by atoms with Crippen molar-refractivity contribution in [2.75, 3.05) is 0 Å². The molecule has 88 valence electrons. The Morgan fingerprint density at radius 1 is 0.647 bits per heavy atom. The Morgan fingerprint density at radius 3 is 1.35 bits per heavy atom. The summed E-state index contributed by atoms with van der Waals surface area (Å²) in [7, 11) is 0. The van der Waals surface area contributed by atoms with Crippen LogP contribution in [0, 0.1) is 13.8 Å². The van der Waals surface area contributed by atoms with E-state index in [1.54, 1.807) is 0 Å². The predicted octanol–water partition coefficient (Wildman–Crippen LogP) is 4.74. The van der Waals surface area contributed by atoms with Gasteiger partial charge in [-0.3, -0.25) is 0 Å². The largest absolute Gasteiger partial charge is 0.152 e. The molecule has 0 aliphatic carbocycles. The number of hydrogen-bond donors (Lipinski definition) is 0. The summed E-state index contributed by atoms with van der Waals surface area (Å²) in [6.07, 6.45) is 0. The molecule has 0 atom stereocenters. The lowest BCUT2D eigenvalue weighted by atomic mass is 10.2. The maximum atomic E-state index is 2.22. The van der Waals surface area contributed by atoms with Gasteiger partial charge in [0.2, 0.25) is 0 Å². The molecule has 0 aromatic heterocycles. The molecule has 0 heterocycles. The van der Waals surface area contributed by atoms with E-state index < -0.39 is 0 Å². The van der Waals surface area contributed by atoms with Gasteiger partial charge in [-0.05, 0) is 25.0 Å². The molecule has 0 spiro atoms. The molecule has 1 heteroatoms. The van der Waals surface area contributed by atoms with Gasteiger partial charge in [0.15, 0.2) is 0 Å². The van der Waals surface area contributed by atoms with E-state index in [9.17, 15) is 0 Å². The van der Waals surface area contributed by atoms with Gasteiger partial charge in [0.05, 0.1) is 0 Å². The van der Waals surface area contributed by atoms with Crippen LogP contribution in [0.25, 0.3) is 0 Å². The highest BCUT2D eigenvalue weighted by molar-refractivity contribution is 7.97. The van der Waals surface area contributed by atoms with Gasteiger partial charge >= 0.3 is 0 Å². The molecule has 0 aliphatic rings. The zero-order valence-corrected chi connectivity index (χ0v) is 11.3. The molecule has 0 bridgehead atoms. The Morgan fingerprint density at radius 2 is 1.00 bits per heavy atom. The van der Waals surface area contributed by atoms with Gasteiger partial charge in [-0.2, -0.15) is 11.8 Å². The normalized spacial score (nSPS) is 10.5. The summed E-state index contributed by atoms with van der Waals surface area (Å²) in [5, 5.41) is 0. The molecule has 0 saturated heterocycles. The van der Waals surface area contributed by atoms with E-state index in [1.165, 1.54) is 22.3 Å². The van der Waals surface area contributed by atoms with Crippen LogP contribution in [0.3, 0.4) is 0 Å². The summed E-state index contributed by atoms with van der Waals surface area (Å²) < 4.78 is 0. The molecule has 0 nitrogen and oxygen atoms in total. The fourth-order valence-electron chi connectivity index (χ4n) is 1.66. The second kappa shape index (κ2) is 5.92. The molecule has 0 radical (unpaired) electrons. The van der Waals surface area contributed by atoms with Crippen LogP contribution in [-0.2, 0) is 11.5 Å². The summed E-state index contributed by atoms with van der Waals surface area (Å²) in [5.74, 6) is 2.18. The van der Waals surface area contributed by atoms with Crippen molar-refractivity contribution in [2.24, 2.45) is 0 Å². The minimum absolute atomic E-state index is 1.09. The summed E-state index contributed by atoms with van der Waals surface area (Å²) >= 11 is 1.97. The van der Waals surface area contributed by atoms with Crippen LogP contribution in [0.5, 0.6) is 0 Å². The smallest absolute Gasteiger partial charge is 0.0187 e. The van der Waals surface area contributed by atoms with Crippen molar-refractivity contribution in [3.05, 3.63) is 70.8 Å². The van der Waals surface area contributed by atoms with E-state index >= 15 is 0 Å². The second-order valence-electron chi connectivity index (χ2n) is 4.46. The molecule has 2 aromatic carbocycles. The Balaban J connectivity index is 1.83. The molecule has 0 N–H and O–H groups in total. The first kappa shape index (κ1) is 12.3.